The Bertz CT molecular complexity index is 1080. The molecule has 1 N–H and O–H groups in total. The molecule has 2 fully saturated rings. The number of carbonyl (C=O) groups is 1. The van der Waals surface area contributed by atoms with Gasteiger partial charge in [-0.25, -0.2) is 4.99 Å². The lowest BCUT2D eigenvalue weighted by Gasteiger charge is -2.34. The van der Waals surface area contributed by atoms with E-state index in [1.807, 2.05) is 12.1 Å². The van der Waals surface area contributed by atoms with Gasteiger partial charge in [-0.05, 0) is 37.8 Å². The van der Waals surface area contributed by atoms with E-state index in [1.165, 1.54) is 14.0 Å². The first-order chi connectivity index (χ1) is 15.7. The maximum Gasteiger partial charge on any atom is 0.413 e. The highest BCUT2D eigenvalue weighted by Crippen LogP contribution is 2.42. The number of nitrogens with one attached hydrogen (secondary N) is 1. The molecule has 1 aliphatic carbocycles. The number of piperidine rings is 1. The van der Waals surface area contributed by atoms with Crippen molar-refractivity contribution in [2.45, 2.75) is 45.0 Å². The van der Waals surface area contributed by atoms with Gasteiger partial charge in [0.2, 0.25) is 0 Å². The quantitative estimate of drug-likeness (QED) is 0.521. The van der Waals surface area contributed by atoms with Crippen molar-refractivity contribution in [3.05, 3.63) is 47.8 Å². The van der Waals surface area contributed by atoms with Crippen LogP contribution in [0.1, 0.15) is 37.0 Å². The van der Waals surface area contributed by atoms with Crippen molar-refractivity contribution < 1.29 is 27.4 Å². The number of carbonyl (C=O) groups excluding carboxylic acids is 1. The van der Waals surface area contributed by atoms with Gasteiger partial charge in [0.05, 0.1) is 24.4 Å². The smallest absolute Gasteiger partial charge is 0.413 e. The third-order valence-corrected chi connectivity index (χ3v) is 6.15. The van der Waals surface area contributed by atoms with Gasteiger partial charge in [0.1, 0.15) is 11.9 Å². The van der Waals surface area contributed by atoms with Gasteiger partial charge in [0, 0.05) is 37.0 Å². The first-order valence-electron chi connectivity index (χ1n) is 10.6. The third kappa shape index (κ3) is 4.60. The highest BCUT2D eigenvalue weighted by atomic mass is 19.4. The molecule has 0 radical (unpaired) electrons. The van der Waals surface area contributed by atoms with Crippen LogP contribution in [0, 0.1) is 5.92 Å². The van der Waals surface area contributed by atoms with Gasteiger partial charge < -0.3 is 14.4 Å². The number of aromatic nitrogens is 2. The summed E-state index contributed by atoms with van der Waals surface area (Å²) in [6.45, 7) is 3.07. The number of nitrogens with zero attached hydrogens (tertiary/aromatic N) is 3. The molecule has 10 heteroatoms. The molecule has 7 nitrogen and oxygen atoms in total. The van der Waals surface area contributed by atoms with Crippen LogP contribution >= 0.6 is 0 Å². The Kier molecular flexibility index (Phi) is 6.18. The number of methoxy groups -OCH3 is 1. The number of likely N-dealkylation sites (tertiary alicyclic amines) is 1. The maximum atomic E-state index is 13.7. The van der Waals surface area contributed by atoms with Crippen molar-refractivity contribution in [2.24, 2.45) is 10.9 Å². The van der Waals surface area contributed by atoms with E-state index in [4.69, 9.17) is 9.47 Å². The Balaban J connectivity index is 1.56. The Hall–Kier alpha value is -3.30. The second-order valence-corrected chi connectivity index (χ2v) is 8.33. The molecule has 1 saturated heterocycles. The van der Waals surface area contributed by atoms with Crippen molar-refractivity contribution in [2.75, 3.05) is 13.7 Å². The lowest BCUT2D eigenvalue weighted by Crippen LogP contribution is -2.46. The molecule has 33 heavy (non-hydrogen) atoms. The molecule has 1 aromatic carbocycles. The highest BCUT2D eigenvalue weighted by molar-refractivity contribution is 6.03. The summed E-state index contributed by atoms with van der Waals surface area (Å²) in [7, 11) is 1.52. The number of alkyl halides is 3. The van der Waals surface area contributed by atoms with Crippen LogP contribution in [0.2, 0.25) is 0 Å². The molecule has 2 bridgehead atoms. The number of ether oxygens (including phenoxy) is 2. The van der Waals surface area contributed by atoms with E-state index < -0.39 is 11.7 Å². The summed E-state index contributed by atoms with van der Waals surface area (Å²) in [5.41, 5.74) is 1.01. The van der Waals surface area contributed by atoms with Gasteiger partial charge >= 0.3 is 6.18 Å². The molecule has 3 unspecified atom stereocenters. The molecule has 0 spiro atoms. The first-order valence-corrected chi connectivity index (χ1v) is 10.6. The zero-order chi connectivity index (χ0) is 23.8. The number of amides is 1. The molecule has 1 saturated carbocycles. The van der Waals surface area contributed by atoms with Gasteiger partial charge in [-0.15, -0.1) is 0 Å². The van der Waals surface area contributed by atoms with E-state index in [1.54, 1.807) is 23.2 Å². The van der Waals surface area contributed by atoms with Crippen molar-refractivity contribution in [1.29, 1.82) is 0 Å². The molecule has 2 aromatic rings. The molecule has 176 valence electrons. The first kappa shape index (κ1) is 22.9. The van der Waals surface area contributed by atoms with Crippen LogP contribution in [-0.2, 0) is 4.74 Å². The molecule has 1 aliphatic heterocycles. The second-order valence-electron chi connectivity index (χ2n) is 8.33. The Labute approximate surface area is 189 Å². The van der Waals surface area contributed by atoms with Gasteiger partial charge in [0.15, 0.2) is 5.90 Å². The number of hydrogen-bond acceptors (Lipinski definition) is 5. The van der Waals surface area contributed by atoms with E-state index in [-0.39, 0.29) is 29.9 Å². The average Bonchev–Trinajstić information content (AvgIpc) is 3.53. The molecule has 2 aliphatic rings. The van der Waals surface area contributed by atoms with Crippen LogP contribution in [0.3, 0.4) is 0 Å². The van der Waals surface area contributed by atoms with Crippen LogP contribution < -0.4 is 4.74 Å². The van der Waals surface area contributed by atoms with Crippen LogP contribution in [0.25, 0.3) is 11.3 Å². The number of H-pyrrole nitrogens is 1. The van der Waals surface area contributed by atoms with Crippen LogP contribution in [0.15, 0.2) is 47.2 Å². The fraction of sp³-hybridized carbons (Fsp3) is 0.435. The molecular weight excluding hydrogens is 437 g/mol. The van der Waals surface area contributed by atoms with Crippen LogP contribution in [0.5, 0.6) is 5.75 Å². The fourth-order valence-electron chi connectivity index (χ4n) is 4.53. The number of hydrogen-bond donors (Lipinski definition) is 1. The van der Waals surface area contributed by atoms with E-state index in [0.29, 0.717) is 29.1 Å². The maximum absolute atomic E-state index is 13.7. The number of aliphatic imine (C=N–C) groups is 1. The lowest BCUT2D eigenvalue weighted by molar-refractivity contribution is -0.0915. The van der Waals surface area contributed by atoms with Gasteiger partial charge in [0.25, 0.3) is 5.91 Å². The lowest BCUT2D eigenvalue weighted by atomic mass is 10.00. The minimum atomic E-state index is -4.43. The molecule has 3 atom stereocenters. The second kappa shape index (κ2) is 8.92. The Morgan fingerprint density at radius 1 is 1.27 bits per heavy atom. The molecule has 1 aromatic heterocycles. The number of halogens is 3. The molecule has 2 heterocycles. The average molecular weight is 462 g/mol. The van der Waals surface area contributed by atoms with Crippen molar-refractivity contribution in [3.8, 4) is 17.0 Å². The SMILES string of the molecule is COc1cccc(-c2ccn[nH]2)c1C(=O)N1CC2CC(O/C(C)=N/C=C(\C)C(F)(F)F)C1C2. The molecular formula is C23H25F3N4O3. The zero-order valence-electron chi connectivity index (χ0n) is 18.5. The van der Waals surface area contributed by atoms with Crippen molar-refractivity contribution in [1.82, 2.24) is 15.1 Å². The number of benzene rings is 1. The van der Waals surface area contributed by atoms with E-state index in [0.717, 1.165) is 26.0 Å². The topological polar surface area (TPSA) is 79.8 Å². The van der Waals surface area contributed by atoms with E-state index in [9.17, 15) is 18.0 Å². The fourth-order valence-corrected chi connectivity index (χ4v) is 4.53. The number of allylic oxidation sites excluding steroid dienone is 1. The van der Waals surface area contributed by atoms with E-state index >= 15 is 0 Å². The summed E-state index contributed by atoms with van der Waals surface area (Å²) in [6.07, 6.45) is -0.890. The monoisotopic (exact) mass is 462 g/mol. The predicted molar refractivity (Wildman–Crippen MR) is 116 cm³/mol. The minimum Gasteiger partial charge on any atom is -0.496 e. The van der Waals surface area contributed by atoms with Crippen molar-refractivity contribution in [3.63, 3.8) is 0 Å². The number of aromatic amines is 1. The molecule has 1 amide bonds. The summed E-state index contributed by atoms with van der Waals surface area (Å²) in [5.74, 6) is 0.673. The largest absolute Gasteiger partial charge is 0.496 e. The standard InChI is InChI=1S/C23H25F3N4O3/c1-13(23(24,25)26)11-27-14(2)33-20-10-15-9-18(20)30(12-15)22(31)21-16(17-7-8-28-29-17)5-4-6-19(21)32-3/h4-8,11,15,18,20H,9-10,12H2,1-3H3,(H,28,29)/b13-11+,27-14+. The van der Waals surface area contributed by atoms with Gasteiger partial charge in [-0.2, -0.15) is 18.3 Å². The summed E-state index contributed by atoms with van der Waals surface area (Å²) in [5, 5.41) is 6.87. The Morgan fingerprint density at radius 3 is 2.70 bits per heavy atom. The minimum absolute atomic E-state index is 0.138. The van der Waals surface area contributed by atoms with E-state index in [2.05, 4.69) is 15.2 Å². The summed E-state index contributed by atoms with van der Waals surface area (Å²) in [6, 6.07) is 6.97. The van der Waals surface area contributed by atoms with Crippen LogP contribution in [-0.4, -0.2) is 58.9 Å². The van der Waals surface area contributed by atoms with Crippen LogP contribution in [0.4, 0.5) is 13.2 Å². The number of rotatable bonds is 5. The van der Waals surface area contributed by atoms with Gasteiger partial charge in [-0.3, -0.25) is 9.89 Å². The van der Waals surface area contributed by atoms with Crippen molar-refractivity contribution >= 4 is 11.8 Å². The third-order valence-electron chi connectivity index (χ3n) is 6.15. The predicted octanol–water partition coefficient (Wildman–Crippen LogP) is 4.59. The van der Waals surface area contributed by atoms with Gasteiger partial charge in [-0.1, -0.05) is 12.1 Å². The zero-order valence-corrected chi connectivity index (χ0v) is 18.5. The number of fused-ring (bicyclic) bond motifs is 2. The normalized spacial score (nSPS) is 23.2. The summed E-state index contributed by atoms with van der Waals surface area (Å²) < 4.78 is 49.4. The Morgan fingerprint density at radius 2 is 2.06 bits per heavy atom. The summed E-state index contributed by atoms with van der Waals surface area (Å²) in [4.78, 5) is 19.3. The highest BCUT2D eigenvalue weighted by Gasteiger charge is 2.49. The molecule has 4 rings (SSSR count). The summed E-state index contributed by atoms with van der Waals surface area (Å²) >= 11 is 0.